The minimum absolute atomic E-state index is 0.0601. The van der Waals surface area contributed by atoms with Gasteiger partial charge in [0, 0.05) is 5.56 Å². The lowest BCUT2D eigenvalue weighted by Crippen LogP contribution is -1.86. The van der Waals surface area contributed by atoms with Gasteiger partial charge in [-0.2, -0.15) is 0 Å². The van der Waals surface area contributed by atoms with Crippen molar-refractivity contribution < 1.29 is 8.78 Å². The number of rotatable bonds is 2. The number of hydrogen-bond donors (Lipinski definition) is 0. The standard InChI is InChI=1S/C10H10F2/c1-3-8-4-7(2)5-9(6-8)10(11)12/h3-6,10H,1H2,2H3. The third-order valence-corrected chi connectivity index (χ3v) is 1.61. The molecule has 0 saturated carbocycles. The summed E-state index contributed by atoms with van der Waals surface area (Å²) in [5, 5.41) is 0. The number of alkyl halides is 2. The van der Waals surface area contributed by atoms with Gasteiger partial charge in [-0.05, 0) is 18.6 Å². The zero-order valence-corrected chi connectivity index (χ0v) is 6.85. The Balaban J connectivity index is 3.14. The monoisotopic (exact) mass is 168 g/mol. The fraction of sp³-hybridized carbons (Fsp3) is 0.200. The lowest BCUT2D eigenvalue weighted by molar-refractivity contribution is 0.151. The zero-order chi connectivity index (χ0) is 9.14. The minimum Gasteiger partial charge on any atom is -0.205 e. The maximum atomic E-state index is 12.2. The molecular weight excluding hydrogens is 158 g/mol. The first-order valence-corrected chi connectivity index (χ1v) is 3.65. The molecule has 0 aromatic heterocycles. The van der Waals surface area contributed by atoms with Crippen molar-refractivity contribution in [3.63, 3.8) is 0 Å². The molecule has 0 N–H and O–H groups in total. The Bertz CT molecular complexity index is 290. The summed E-state index contributed by atoms with van der Waals surface area (Å²) in [7, 11) is 0. The number of halogens is 2. The molecule has 0 atom stereocenters. The predicted molar refractivity (Wildman–Crippen MR) is 46.2 cm³/mol. The molecule has 0 aliphatic carbocycles. The summed E-state index contributed by atoms with van der Waals surface area (Å²) in [5.41, 5.74) is 1.64. The Morgan fingerprint density at radius 2 is 2.00 bits per heavy atom. The highest BCUT2D eigenvalue weighted by Crippen LogP contribution is 2.21. The van der Waals surface area contributed by atoms with Gasteiger partial charge in [-0.1, -0.05) is 30.4 Å². The van der Waals surface area contributed by atoms with Gasteiger partial charge in [0.25, 0.3) is 6.43 Å². The van der Waals surface area contributed by atoms with E-state index in [0.717, 1.165) is 11.1 Å². The molecule has 12 heavy (non-hydrogen) atoms. The minimum atomic E-state index is -2.40. The normalized spacial score (nSPS) is 10.3. The van der Waals surface area contributed by atoms with E-state index in [1.165, 1.54) is 12.1 Å². The van der Waals surface area contributed by atoms with Crippen LogP contribution in [0.2, 0.25) is 0 Å². The molecule has 0 radical (unpaired) electrons. The fourth-order valence-corrected chi connectivity index (χ4v) is 1.09. The van der Waals surface area contributed by atoms with E-state index < -0.39 is 6.43 Å². The highest BCUT2D eigenvalue weighted by molar-refractivity contribution is 5.50. The second-order valence-electron chi connectivity index (χ2n) is 2.68. The maximum absolute atomic E-state index is 12.2. The van der Waals surface area contributed by atoms with Crippen LogP contribution in [0.1, 0.15) is 23.1 Å². The van der Waals surface area contributed by atoms with Gasteiger partial charge in [0.1, 0.15) is 0 Å². The van der Waals surface area contributed by atoms with Crippen molar-refractivity contribution in [2.75, 3.05) is 0 Å². The van der Waals surface area contributed by atoms with Gasteiger partial charge in [0.15, 0.2) is 0 Å². The predicted octanol–water partition coefficient (Wildman–Crippen LogP) is 3.58. The second kappa shape index (κ2) is 3.48. The SMILES string of the molecule is C=Cc1cc(C)cc(C(F)F)c1. The van der Waals surface area contributed by atoms with Crippen molar-refractivity contribution in [3.05, 3.63) is 41.5 Å². The van der Waals surface area contributed by atoms with Crippen LogP contribution >= 0.6 is 0 Å². The Hall–Kier alpha value is -1.18. The third kappa shape index (κ3) is 1.91. The molecule has 0 fully saturated rings. The lowest BCUT2D eigenvalue weighted by atomic mass is 10.1. The molecule has 0 aliphatic heterocycles. The average Bonchev–Trinajstić information content (AvgIpc) is 2.03. The summed E-state index contributed by atoms with van der Waals surface area (Å²) in [4.78, 5) is 0. The third-order valence-electron chi connectivity index (χ3n) is 1.61. The lowest BCUT2D eigenvalue weighted by Gasteiger charge is -2.02. The molecule has 0 amide bonds. The molecular formula is C10H10F2. The molecule has 0 unspecified atom stereocenters. The van der Waals surface area contributed by atoms with Crippen LogP contribution in [-0.2, 0) is 0 Å². The van der Waals surface area contributed by atoms with Crippen LogP contribution in [-0.4, -0.2) is 0 Å². The topological polar surface area (TPSA) is 0 Å². The first kappa shape index (κ1) is 8.91. The van der Waals surface area contributed by atoms with E-state index in [1.54, 1.807) is 13.0 Å². The maximum Gasteiger partial charge on any atom is 0.263 e. The molecule has 0 nitrogen and oxygen atoms in total. The van der Waals surface area contributed by atoms with Gasteiger partial charge >= 0.3 is 0 Å². The molecule has 0 aliphatic rings. The van der Waals surface area contributed by atoms with E-state index in [-0.39, 0.29) is 5.56 Å². The Morgan fingerprint density at radius 3 is 2.50 bits per heavy atom. The van der Waals surface area contributed by atoms with Crippen LogP contribution < -0.4 is 0 Å². The van der Waals surface area contributed by atoms with E-state index in [9.17, 15) is 8.78 Å². The molecule has 64 valence electrons. The summed E-state index contributed by atoms with van der Waals surface area (Å²) >= 11 is 0. The van der Waals surface area contributed by atoms with E-state index in [2.05, 4.69) is 6.58 Å². The Labute approximate surface area is 70.5 Å². The van der Waals surface area contributed by atoms with Crippen molar-refractivity contribution >= 4 is 6.08 Å². The summed E-state index contributed by atoms with van der Waals surface area (Å²) in [5.74, 6) is 0. The zero-order valence-electron chi connectivity index (χ0n) is 6.85. The highest BCUT2D eigenvalue weighted by atomic mass is 19.3. The van der Waals surface area contributed by atoms with E-state index in [0.29, 0.717) is 0 Å². The molecule has 0 bridgehead atoms. The summed E-state index contributed by atoms with van der Waals surface area (Å²) in [6.07, 6.45) is -0.831. The first-order valence-electron chi connectivity index (χ1n) is 3.65. The van der Waals surface area contributed by atoms with Crippen molar-refractivity contribution in [1.29, 1.82) is 0 Å². The molecule has 0 spiro atoms. The molecule has 0 saturated heterocycles. The van der Waals surface area contributed by atoms with Crippen LogP contribution in [0.5, 0.6) is 0 Å². The molecule has 1 aromatic carbocycles. The van der Waals surface area contributed by atoms with Crippen LogP contribution in [0.15, 0.2) is 24.8 Å². The Kier molecular flexibility index (Phi) is 2.58. The molecule has 0 heterocycles. The van der Waals surface area contributed by atoms with Gasteiger partial charge in [-0.25, -0.2) is 8.78 Å². The van der Waals surface area contributed by atoms with Crippen LogP contribution in [0.4, 0.5) is 8.78 Å². The second-order valence-corrected chi connectivity index (χ2v) is 2.68. The summed E-state index contributed by atoms with van der Waals surface area (Å²) in [6, 6.07) is 4.75. The fourth-order valence-electron chi connectivity index (χ4n) is 1.09. The largest absolute Gasteiger partial charge is 0.263 e. The summed E-state index contributed by atoms with van der Waals surface area (Å²) < 4.78 is 24.5. The van der Waals surface area contributed by atoms with Gasteiger partial charge < -0.3 is 0 Å². The van der Waals surface area contributed by atoms with Crippen molar-refractivity contribution in [2.24, 2.45) is 0 Å². The van der Waals surface area contributed by atoms with Crippen molar-refractivity contribution in [3.8, 4) is 0 Å². The first-order chi connectivity index (χ1) is 5.63. The smallest absolute Gasteiger partial charge is 0.205 e. The van der Waals surface area contributed by atoms with Crippen molar-refractivity contribution in [1.82, 2.24) is 0 Å². The molecule has 2 heteroatoms. The van der Waals surface area contributed by atoms with E-state index >= 15 is 0 Å². The number of hydrogen-bond acceptors (Lipinski definition) is 0. The number of benzene rings is 1. The highest BCUT2D eigenvalue weighted by Gasteiger charge is 2.06. The van der Waals surface area contributed by atoms with E-state index in [4.69, 9.17) is 0 Å². The van der Waals surface area contributed by atoms with Crippen LogP contribution in [0, 0.1) is 6.92 Å². The Morgan fingerprint density at radius 1 is 1.33 bits per heavy atom. The molecule has 1 aromatic rings. The van der Waals surface area contributed by atoms with E-state index in [1.807, 2.05) is 6.07 Å². The quantitative estimate of drug-likeness (QED) is 0.633. The van der Waals surface area contributed by atoms with Crippen LogP contribution in [0.25, 0.3) is 6.08 Å². The van der Waals surface area contributed by atoms with Gasteiger partial charge in [0.2, 0.25) is 0 Å². The molecule has 1 rings (SSSR count). The van der Waals surface area contributed by atoms with Gasteiger partial charge in [-0.3, -0.25) is 0 Å². The van der Waals surface area contributed by atoms with Gasteiger partial charge in [0.05, 0.1) is 0 Å². The van der Waals surface area contributed by atoms with Gasteiger partial charge in [-0.15, -0.1) is 0 Å². The summed E-state index contributed by atoms with van der Waals surface area (Å²) in [6.45, 7) is 5.32. The number of aryl methyl sites for hydroxylation is 1. The van der Waals surface area contributed by atoms with Crippen molar-refractivity contribution in [2.45, 2.75) is 13.3 Å². The van der Waals surface area contributed by atoms with Crippen LogP contribution in [0.3, 0.4) is 0 Å². The average molecular weight is 168 g/mol.